The van der Waals surface area contributed by atoms with Crippen LogP contribution in [0.25, 0.3) is 0 Å². The summed E-state index contributed by atoms with van der Waals surface area (Å²) in [6, 6.07) is 11.0. The Morgan fingerprint density at radius 1 is 0.646 bits per heavy atom. The molecular formula is C54H85N4NaO5S. The second kappa shape index (κ2) is 20.0. The topological polar surface area (TPSA) is 139 Å². The number of fused-ring (bicyclic) bond motifs is 10. The number of carbonyl (C=O) groups excluding carboxylic acids is 4. The molecule has 4 N–H and O–H groups in total. The van der Waals surface area contributed by atoms with Crippen molar-refractivity contribution in [2.45, 2.75) is 206 Å². The maximum absolute atomic E-state index is 13.3. The summed E-state index contributed by atoms with van der Waals surface area (Å²) in [7, 11) is 0. The van der Waals surface area contributed by atoms with E-state index in [4.69, 9.17) is 5.11 Å². The zero-order valence-corrected chi connectivity index (χ0v) is 45.3. The van der Waals surface area contributed by atoms with Gasteiger partial charge in [-0.1, -0.05) is 52.8 Å². The molecule has 358 valence electrons. The van der Waals surface area contributed by atoms with Gasteiger partial charge < -0.3 is 26.4 Å². The predicted octanol–water partition coefficient (Wildman–Crippen LogP) is 6.22. The summed E-state index contributed by atoms with van der Waals surface area (Å²) in [4.78, 5) is 52.5. The van der Waals surface area contributed by atoms with Gasteiger partial charge in [-0.3, -0.25) is 19.2 Å². The molecule has 6 saturated carbocycles. The van der Waals surface area contributed by atoms with Crippen molar-refractivity contribution in [3.8, 4) is 0 Å². The summed E-state index contributed by atoms with van der Waals surface area (Å²) in [6.07, 6.45) is 16.5. The summed E-state index contributed by atoms with van der Waals surface area (Å²) in [5, 5.41) is 22.2. The molecule has 0 bridgehead atoms. The molecular weight excluding hydrogens is 840 g/mol. The van der Waals surface area contributed by atoms with Crippen LogP contribution in [0.1, 0.15) is 172 Å². The van der Waals surface area contributed by atoms with Gasteiger partial charge in [0.2, 0.25) is 23.6 Å². The largest absolute Gasteiger partial charge is 1.00 e. The third kappa shape index (κ3) is 10.5. The average molecular weight is 925 g/mol. The molecule has 2 saturated heterocycles. The minimum atomic E-state index is -0.181. The molecule has 11 heteroatoms. The van der Waals surface area contributed by atoms with Crippen molar-refractivity contribution in [1.82, 2.24) is 21.3 Å². The number of hydrogen-bond donors (Lipinski definition) is 4. The van der Waals surface area contributed by atoms with E-state index in [-0.39, 0.29) is 110 Å². The van der Waals surface area contributed by atoms with E-state index < -0.39 is 0 Å². The van der Waals surface area contributed by atoms with Gasteiger partial charge in [-0.25, -0.2) is 0 Å². The van der Waals surface area contributed by atoms with Crippen molar-refractivity contribution in [2.75, 3.05) is 6.61 Å². The van der Waals surface area contributed by atoms with Crippen molar-refractivity contribution < 1.29 is 53.8 Å². The van der Waals surface area contributed by atoms with E-state index >= 15 is 0 Å². The van der Waals surface area contributed by atoms with Gasteiger partial charge in [0.1, 0.15) is 0 Å². The second-order valence-electron chi connectivity index (χ2n) is 24.8. The monoisotopic (exact) mass is 925 g/mol. The Labute approximate surface area is 419 Å². The minimum Gasteiger partial charge on any atom is -0.855 e. The molecule has 1 aromatic carbocycles. The smallest absolute Gasteiger partial charge is 0.855 e. The van der Waals surface area contributed by atoms with E-state index in [1.807, 2.05) is 6.07 Å². The quantitative estimate of drug-likeness (QED) is 0.265. The van der Waals surface area contributed by atoms with Gasteiger partial charge in [0, 0.05) is 46.3 Å². The summed E-state index contributed by atoms with van der Waals surface area (Å²) in [5.74, 6) is 5.34. The normalized spacial score (nSPS) is 41.4. The molecule has 0 aromatic heterocycles. The molecule has 0 radical (unpaired) electrons. The fourth-order valence-corrected chi connectivity index (χ4v) is 17.2. The van der Waals surface area contributed by atoms with Gasteiger partial charge in [-0.2, -0.15) is 0 Å². The van der Waals surface area contributed by atoms with Crippen LogP contribution in [0.3, 0.4) is 0 Å². The molecule has 2 heterocycles. The predicted molar refractivity (Wildman–Crippen MR) is 256 cm³/mol. The van der Waals surface area contributed by atoms with Crippen molar-refractivity contribution >= 4 is 35.4 Å². The first-order valence-corrected chi connectivity index (χ1v) is 26.4. The molecule has 8 aliphatic rings. The van der Waals surface area contributed by atoms with Crippen LogP contribution < -0.4 is 55.9 Å². The second-order valence-corrected chi connectivity index (χ2v) is 26.1. The van der Waals surface area contributed by atoms with Crippen LogP contribution in [-0.2, 0) is 19.2 Å². The first kappa shape index (κ1) is 52.8. The van der Waals surface area contributed by atoms with Crippen LogP contribution in [0.15, 0.2) is 35.2 Å². The fourth-order valence-electron chi connectivity index (χ4n) is 16.0. The third-order valence-corrected chi connectivity index (χ3v) is 20.1. The molecule has 1 aromatic rings. The molecule has 2 aliphatic heterocycles. The van der Waals surface area contributed by atoms with Crippen LogP contribution in [0.2, 0.25) is 0 Å². The van der Waals surface area contributed by atoms with Crippen LogP contribution in [0, 0.1) is 69.0 Å². The number of nitrogens with one attached hydrogen (secondary N) is 4. The number of rotatable bonds is 4. The van der Waals surface area contributed by atoms with Gasteiger partial charge in [0.15, 0.2) is 0 Å². The zero-order chi connectivity index (χ0) is 46.6. The summed E-state index contributed by atoms with van der Waals surface area (Å²) < 4.78 is 0. The van der Waals surface area contributed by atoms with Crippen LogP contribution in [0.4, 0.5) is 0 Å². The van der Waals surface area contributed by atoms with Gasteiger partial charge >= 0.3 is 29.6 Å². The fraction of sp³-hybridized carbons (Fsp3) is 0.815. The number of hydrogen-bond acceptors (Lipinski definition) is 6. The molecule has 8 fully saturated rings. The Morgan fingerprint density at radius 3 is 1.57 bits per heavy atom. The van der Waals surface area contributed by atoms with Gasteiger partial charge in [-0.05, 0) is 201 Å². The number of benzene rings is 1. The molecule has 9 nitrogen and oxygen atoms in total. The molecule has 6 aliphatic carbocycles. The summed E-state index contributed by atoms with van der Waals surface area (Å²) >= 11 is 1.73. The van der Waals surface area contributed by atoms with Crippen molar-refractivity contribution in [3.05, 3.63) is 30.3 Å². The Bertz CT molecular complexity index is 1870. The van der Waals surface area contributed by atoms with E-state index in [2.05, 4.69) is 115 Å². The average Bonchev–Trinajstić information content (AvgIpc) is 3.75. The van der Waals surface area contributed by atoms with E-state index in [9.17, 15) is 19.2 Å². The summed E-state index contributed by atoms with van der Waals surface area (Å²) in [6.45, 7) is 23.8. The van der Waals surface area contributed by atoms with E-state index in [0.29, 0.717) is 48.1 Å². The molecule has 9 unspecified atom stereocenters. The minimum absolute atomic E-state index is 0. The zero-order valence-electron chi connectivity index (χ0n) is 42.5. The molecule has 9 rings (SSSR count). The first-order valence-electron chi connectivity index (χ1n) is 25.5. The number of piperidine rings is 2. The first-order chi connectivity index (χ1) is 30.0. The molecule has 15 atom stereocenters. The van der Waals surface area contributed by atoms with Crippen molar-refractivity contribution in [3.63, 3.8) is 0 Å². The van der Waals surface area contributed by atoms with Gasteiger partial charge in [0.05, 0.1) is 5.25 Å². The summed E-state index contributed by atoms with van der Waals surface area (Å²) in [5.41, 5.74) is 0.308. The molecule has 0 spiro atoms. The van der Waals surface area contributed by atoms with E-state index in [1.165, 1.54) is 43.4 Å². The van der Waals surface area contributed by atoms with Gasteiger partial charge in [0.25, 0.3) is 0 Å². The van der Waals surface area contributed by atoms with Crippen LogP contribution in [0.5, 0.6) is 0 Å². The van der Waals surface area contributed by atoms with Crippen molar-refractivity contribution in [2.24, 2.45) is 69.0 Å². The maximum atomic E-state index is 13.3. The molecule has 65 heavy (non-hydrogen) atoms. The van der Waals surface area contributed by atoms with E-state index in [1.54, 1.807) is 18.7 Å². The Morgan fingerprint density at radius 2 is 1.09 bits per heavy atom. The third-order valence-electron chi connectivity index (χ3n) is 18.8. The standard InChI is InChI=1S/C29H42N2O2S.C23H38N2O2.C2H5O.Na/c1-27(2,3)31-25(32)22-13-12-20-19-11-14-24-29(5,21(19)15-16-28(20,22)4)17-23(26(33)30-24)34-18-9-7-6-8-10-18;1-21(2,3)25-20(27)17-8-7-15-14-6-9-18-23(5,13-11-19(26)24-18)16(14)10-12-22(15,17)4;1-2-3;/h6-10,19-24H,11-17H2,1-5H3,(H,30,33)(H,31,32);14-18H,6-13H2,1-5H3,(H,24,26)(H,25,27);2H2,1H3;/q;;-1;+1/t19?,20?,21?,22-,23?,24?,28+,29-;14?,15?,16?,17-,18?,22+,23-;;/m11../s1. The Hall–Kier alpha value is -1.59. The number of amides is 4. The van der Waals surface area contributed by atoms with Crippen molar-refractivity contribution in [1.29, 1.82) is 0 Å². The van der Waals surface area contributed by atoms with Crippen LogP contribution in [-0.4, -0.2) is 58.6 Å². The SMILES string of the molecule is CC(C)(C)NC(=O)[C@H]1CCC2C3CCC4NC(=O)C(Sc5ccccc5)C[C@]4(C)C3CC[C@@]21C.CC(C)(C)NC(=O)[C@H]1CCC2C3CCC4NC(=O)CC[C@]4(C)C3CC[C@@]21C.CC[O-].[Na+]. The Kier molecular flexibility index (Phi) is 16.3. The molecule has 4 amide bonds. The number of carbonyl (C=O) groups is 4. The maximum Gasteiger partial charge on any atom is 1.00 e. The van der Waals surface area contributed by atoms with Gasteiger partial charge in [-0.15, -0.1) is 18.4 Å². The number of thioether (sulfide) groups is 1. The van der Waals surface area contributed by atoms with E-state index in [0.717, 1.165) is 57.3 Å². The Balaban J connectivity index is 0.000000205. The van der Waals surface area contributed by atoms with Crippen LogP contribution >= 0.6 is 11.8 Å².